The highest BCUT2D eigenvalue weighted by Gasteiger charge is 2.30. The van der Waals surface area contributed by atoms with Crippen molar-refractivity contribution in [2.45, 2.75) is 19.4 Å². The maximum absolute atomic E-state index is 12.4. The van der Waals surface area contributed by atoms with Crippen LogP contribution in [0.2, 0.25) is 0 Å². The molecule has 1 aliphatic heterocycles. The van der Waals surface area contributed by atoms with E-state index >= 15 is 0 Å². The second-order valence-electron chi connectivity index (χ2n) is 5.28. The molecule has 1 heterocycles. The molecule has 1 saturated heterocycles. The summed E-state index contributed by atoms with van der Waals surface area (Å²) in [5, 5.41) is 0. The van der Waals surface area contributed by atoms with Crippen molar-refractivity contribution in [2.24, 2.45) is 5.73 Å². The molecule has 0 atom stereocenters. The average Bonchev–Trinajstić information content (AvgIpc) is 2.37. The smallest absolute Gasteiger partial charge is 0.254 e. The Morgan fingerprint density at radius 2 is 2.11 bits per heavy atom. The van der Waals surface area contributed by atoms with Crippen molar-refractivity contribution < 1.29 is 9.53 Å². The first-order valence-electron chi connectivity index (χ1n) is 6.22. The van der Waals surface area contributed by atoms with Crippen LogP contribution < -0.4 is 5.73 Å². The molecule has 1 fully saturated rings. The lowest BCUT2D eigenvalue weighted by atomic mass is 10.1. The van der Waals surface area contributed by atoms with E-state index in [1.54, 1.807) is 18.2 Å². The molecule has 19 heavy (non-hydrogen) atoms. The molecule has 1 aromatic carbocycles. The summed E-state index contributed by atoms with van der Waals surface area (Å²) in [7, 11) is 0. The highest BCUT2D eigenvalue weighted by Crippen LogP contribution is 2.19. The summed E-state index contributed by atoms with van der Waals surface area (Å²) in [6, 6.07) is 7.13. The molecule has 0 spiro atoms. The minimum Gasteiger partial charge on any atom is -0.389 e. The van der Waals surface area contributed by atoms with E-state index in [9.17, 15) is 4.79 Å². The number of carbonyl (C=O) groups is 1. The number of hydrogen-bond acceptors (Lipinski definition) is 3. The van der Waals surface area contributed by atoms with Gasteiger partial charge in [0, 0.05) is 24.2 Å². The van der Waals surface area contributed by atoms with E-state index in [4.69, 9.17) is 22.7 Å². The largest absolute Gasteiger partial charge is 0.389 e. The van der Waals surface area contributed by atoms with Crippen LogP contribution in [0.3, 0.4) is 0 Å². The summed E-state index contributed by atoms with van der Waals surface area (Å²) in [6.45, 7) is 5.73. The van der Waals surface area contributed by atoms with Gasteiger partial charge in [0.15, 0.2) is 0 Å². The number of nitrogens with zero attached hydrogens (tertiary/aromatic N) is 1. The van der Waals surface area contributed by atoms with Gasteiger partial charge in [-0.2, -0.15) is 0 Å². The fourth-order valence-corrected chi connectivity index (χ4v) is 2.30. The number of morpholine rings is 1. The molecule has 5 heteroatoms. The summed E-state index contributed by atoms with van der Waals surface area (Å²) in [5.41, 5.74) is 6.62. The topological polar surface area (TPSA) is 55.6 Å². The van der Waals surface area contributed by atoms with Crippen LogP contribution in [0.5, 0.6) is 0 Å². The maximum atomic E-state index is 12.4. The summed E-state index contributed by atoms with van der Waals surface area (Å²) in [4.78, 5) is 14.6. The molecular formula is C14H18N2O2S. The number of amides is 1. The Balaban J connectivity index is 2.19. The van der Waals surface area contributed by atoms with Crippen LogP contribution in [0.1, 0.15) is 29.8 Å². The second-order valence-corrected chi connectivity index (χ2v) is 5.72. The molecule has 0 radical (unpaired) electrons. The van der Waals surface area contributed by atoms with Crippen LogP contribution >= 0.6 is 12.2 Å². The summed E-state index contributed by atoms with van der Waals surface area (Å²) < 4.78 is 5.61. The van der Waals surface area contributed by atoms with Crippen molar-refractivity contribution in [3.63, 3.8) is 0 Å². The van der Waals surface area contributed by atoms with Crippen molar-refractivity contribution in [3.8, 4) is 0 Å². The third-order valence-electron chi connectivity index (χ3n) is 3.11. The van der Waals surface area contributed by atoms with Gasteiger partial charge in [0.2, 0.25) is 0 Å². The van der Waals surface area contributed by atoms with Gasteiger partial charge in [-0.3, -0.25) is 4.79 Å². The molecule has 0 aromatic heterocycles. The molecule has 1 amide bonds. The zero-order valence-electron chi connectivity index (χ0n) is 11.2. The molecule has 0 saturated carbocycles. The van der Waals surface area contributed by atoms with Gasteiger partial charge in [-0.15, -0.1) is 0 Å². The Bertz CT molecular complexity index is 514. The van der Waals surface area contributed by atoms with Gasteiger partial charge in [-0.25, -0.2) is 0 Å². The molecule has 102 valence electrons. The van der Waals surface area contributed by atoms with Crippen LogP contribution in [0.4, 0.5) is 0 Å². The average molecular weight is 278 g/mol. The lowest BCUT2D eigenvalue weighted by molar-refractivity contribution is -0.0764. The number of hydrogen-bond donors (Lipinski definition) is 1. The second kappa shape index (κ2) is 5.27. The lowest BCUT2D eigenvalue weighted by Gasteiger charge is -2.38. The predicted octanol–water partition coefficient (Wildman–Crippen LogP) is 1.57. The molecule has 0 aliphatic carbocycles. The normalized spacial score (nSPS) is 18.1. The predicted molar refractivity (Wildman–Crippen MR) is 78.3 cm³/mol. The van der Waals surface area contributed by atoms with E-state index in [-0.39, 0.29) is 11.5 Å². The molecule has 0 unspecified atom stereocenters. The van der Waals surface area contributed by atoms with Gasteiger partial charge in [0.1, 0.15) is 4.99 Å². The van der Waals surface area contributed by atoms with Crippen LogP contribution in [0.15, 0.2) is 24.3 Å². The summed E-state index contributed by atoms with van der Waals surface area (Å²) >= 11 is 4.93. The summed E-state index contributed by atoms with van der Waals surface area (Å²) in [6.07, 6.45) is 0. The van der Waals surface area contributed by atoms with E-state index in [0.717, 1.165) is 0 Å². The van der Waals surface area contributed by atoms with E-state index < -0.39 is 0 Å². The van der Waals surface area contributed by atoms with Crippen LogP contribution in [-0.4, -0.2) is 41.1 Å². The van der Waals surface area contributed by atoms with E-state index in [2.05, 4.69) is 0 Å². The fraction of sp³-hybridized carbons (Fsp3) is 0.429. The van der Waals surface area contributed by atoms with Crippen molar-refractivity contribution in [3.05, 3.63) is 35.4 Å². The first kappa shape index (κ1) is 14.0. The standard InChI is InChI=1S/C14H18N2O2S/c1-14(2)9-16(6-7-18-14)13(17)11-5-3-4-10(8-11)12(15)19/h3-5,8H,6-7,9H2,1-2H3,(H2,15,19). The zero-order chi connectivity index (χ0) is 14.0. The van der Waals surface area contributed by atoms with Gasteiger partial charge >= 0.3 is 0 Å². The quantitative estimate of drug-likeness (QED) is 0.834. The first-order valence-corrected chi connectivity index (χ1v) is 6.63. The first-order chi connectivity index (χ1) is 8.89. The van der Waals surface area contributed by atoms with Gasteiger partial charge in [0.05, 0.1) is 12.2 Å². The Hall–Kier alpha value is -1.46. The van der Waals surface area contributed by atoms with Gasteiger partial charge in [0.25, 0.3) is 5.91 Å². The molecule has 1 aromatic rings. The SMILES string of the molecule is CC1(C)CN(C(=O)c2cccc(C(N)=S)c2)CCO1. The number of nitrogens with two attached hydrogens (primary N) is 1. The Morgan fingerprint density at radius 1 is 1.42 bits per heavy atom. The summed E-state index contributed by atoms with van der Waals surface area (Å²) in [5.74, 6) is -0.00512. The fourth-order valence-electron chi connectivity index (χ4n) is 2.18. The molecule has 1 aliphatic rings. The monoisotopic (exact) mass is 278 g/mol. The third kappa shape index (κ3) is 3.30. The Kier molecular flexibility index (Phi) is 3.87. The van der Waals surface area contributed by atoms with Crippen molar-refractivity contribution in [1.82, 2.24) is 4.90 Å². The van der Waals surface area contributed by atoms with Gasteiger partial charge in [-0.1, -0.05) is 24.4 Å². The van der Waals surface area contributed by atoms with Crippen LogP contribution in [0.25, 0.3) is 0 Å². The number of benzene rings is 1. The highest BCUT2D eigenvalue weighted by atomic mass is 32.1. The molecule has 2 N–H and O–H groups in total. The van der Waals surface area contributed by atoms with Gasteiger partial charge < -0.3 is 15.4 Å². The molecule has 4 nitrogen and oxygen atoms in total. The zero-order valence-corrected chi connectivity index (χ0v) is 12.0. The molecule has 0 bridgehead atoms. The van der Waals surface area contributed by atoms with Crippen molar-refractivity contribution >= 4 is 23.1 Å². The number of carbonyl (C=O) groups excluding carboxylic acids is 1. The van der Waals surface area contributed by atoms with E-state index in [1.165, 1.54) is 0 Å². The third-order valence-corrected chi connectivity index (χ3v) is 3.34. The number of rotatable bonds is 2. The lowest BCUT2D eigenvalue weighted by Crippen LogP contribution is -2.50. The number of thiocarbonyl (C=S) groups is 1. The minimum atomic E-state index is -0.297. The van der Waals surface area contributed by atoms with Crippen LogP contribution in [-0.2, 0) is 4.74 Å². The molecule has 2 rings (SSSR count). The highest BCUT2D eigenvalue weighted by molar-refractivity contribution is 7.80. The Labute approximate surface area is 118 Å². The van der Waals surface area contributed by atoms with Crippen LogP contribution in [0, 0.1) is 0 Å². The van der Waals surface area contributed by atoms with Crippen molar-refractivity contribution in [2.75, 3.05) is 19.7 Å². The number of ether oxygens (including phenoxy) is 1. The van der Waals surface area contributed by atoms with Crippen molar-refractivity contribution in [1.29, 1.82) is 0 Å². The molecular weight excluding hydrogens is 260 g/mol. The minimum absolute atomic E-state index is 0.00512. The maximum Gasteiger partial charge on any atom is 0.254 e. The van der Waals surface area contributed by atoms with E-state index in [1.807, 2.05) is 24.8 Å². The van der Waals surface area contributed by atoms with Gasteiger partial charge in [-0.05, 0) is 26.0 Å². The van der Waals surface area contributed by atoms with E-state index in [0.29, 0.717) is 35.8 Å². The Morgan fingerprint density at radius 3 is 2.74 bits per heavy atom.